The Bertz CT molecular complexity index is 436. The minimum absolute atomic E-state index is 0.139. The van der Waals surface area contributed by atoms with Crippen LogP contribution in [0.2, 0.25) is 0 Å². The van der Waals surface area contributed by atoms with Crippen molar-refractivity contribution in [3.05, 3.63) is 11.9 Å². The SMILES string of the molecule is B[C@@H]1O[C@H](/C=C/P(=O)(O)O)C[C@H]1OP(O)(=S)C(C)C. The van der Waals surface area contributed by atoms with Gasteiger partial charge in [0.2, 0.25) is 0 Å². The highest BCUT2D eigenvalue weighted by molar-refractivity contribution is 8.09. The molecule has 110 valence electrons. The molecule has 0 bridgehead atoms. The first-order valence-electron chi connectivity index (χ1n) is 5.92. The van der Waals surface area contributed by atoms with Crippen LogP contribution in [0.15, 0.2) is 11.9 Å². The summed E-state index contributed by atoms with van der Waals surface area (Å²) in [6, 6.07) is -0.278. The van der Waals surface area contributed by atoms with E-state index in [1.807, 2.05) is 0 Å². The molecule has 1 aliphatic heterocycles. The predicted octanol–water partition coefficient (Wildman–Crippen LogP) is 0.521. The van der Waals surface area contributed by atoms with Crippen molar-refractivity contribution in [3.8, 4) is 0 Å². The summed E-state index contributed by atoms with van der Waals surface area (Å²) in [5.74, 6) is 0.824. The summed E-state index contributed by atoms with van der Waals surface area (Å²) < 4.78 is 21.8. The van der Waals surface area contributed by atoms with Gasteiger partial charge in [-0.05, 0) is 17.9 Å². The minimum atomic E-state index is -4.18. The van der Waals surface area contributed by atoms with Crippen LogP contribution >= 0.6 is 14.1 Å². The molecule has 0 radical (unpaired) electrons. The van der Waals surface area contributed by atoms with E-state index in [0.29, 0.717) is 6.42 Å². The highest BCUT2D eigenvalue weighted by Crippen LogP contribution is 2.50. The van der Waals surface area contributed by atoms with Gasteiger partial charge in [-0.1, -0.05) is 13.8 Å². The lowest BCUT2D eigenvalue weighted by molar-refractivity contribution is 0.0859. The summed E-state index contributed by atoms with van der Waals surface area (Å²) in [7, 11) is -2.40. The van der Waals surface area contributed by atoms with E-state index >= 15 is 0 Å². The average Bonchev–Trinajstić information content (AvgIpc) is 2.55. The van der Waals surface area contributed by atoms with E-state index in [1.54, 1.807) is 21.7 Å². The third-order valence-electron chi connectivity index (χ3n) is 2.81. The zero-order valence-corrected chi connectivity index (χ0v) is 13.6. The maximum Gasteiger partial charge on any atom is 0.348 e. The molecule has 4 atom stereocenters. The second-order valence-electron chi connectivity index (χ2n) is 4.85. The molecule has 3 N–H and O–H groups in total. The lowest BCUT2D eigenvalue weighted by Crippen LogP contribution is -2.24. The highest BCUT2D eigenvalue weighted by Gasteiger charge is 2.36. The van der Waals surface area contributed by atoms with Crippen LogP contribution in [0.5, 0.6) is 0 Å². The third kappa shape index (κ3) is 5.78. The second kappa shape index (κ2) is 6.50. The maximum atomic E-state index is 10.7. The van der Waals surface area contributed by atoms with Gasteiger partial charge in [0.1, 0.15) is 7.85 Å². The van der Waals surface area contributed by atoms with Crippen LogP contribution in [-0.2, 0) is 25.6 Å². The first-order chi connectivity index (χ1) is 8.51. The summed E-state index contributed by atoms with van der Waals surface area (Å²) in [5.41, 5.74) is -0.139. The summed E-state index contributed by atoms with van der Waals surface area (Å²) in [4.78, 5) is 27.5. The van der Waals surface area contributed by atoms with Gasteiger partial charge in [-0.15, -0.1) is 0 Å². The Morgan fingerprint density at radius 3 is 2.53 bits per heavy atom. The zero-order chi connectivity index (χ0) is 14.8. The number of hydrogen-bond donors (Lipinski definition) is 3. The summed E-state index contributed by atoms with van der Waals surface area (Å²) in [6.45, 7) is 0.743. The van der Waals surface area contributed by atoms with E-state index in [1.165, 1.54) is 6.08 Å². The molecule has 19 heavy (non-hydrogen) atoms. The van der Waals surface area contributed by atoms with Crippen molar-refractivity contribution < 1.29 is 28.5 Å². The van der Waals surface area contributed by atoms with Crippen LogP contribution < -0.4 is 0 Å². The zero-order valence-electron chi connectivity index (χ0n) is 11.0. The molecule has 1 fully saturated rings. The molecule has 10 heteroatoms. The first kappa shape index (κ1) is 17.5. The van der Waals surface area contributed by atoms with Gasteiger partial charge >= 0.3 is 7.60 Å². The lowest BCUT2D eigenvalue weighted by Gasteiger charge is -2.25. The fraction of sp³-hybridized carbons (Fsp3) is 0.778. The Morgan fingerprint density at radius 2 is 2.05 bits per heavy atom. The molecular formula is C9H19BO6P2S. The standard InChI is InChI=1S/C9H19BO6P2S/c1-6(2)18(14,19)16-8-5-7(15-9(8)10)3-4-17(11,12)13/h3-4,6-9H,5,10H2,1-2H3,(H,14,19)(H2,11,12,13)/b4-3+/t7-,8-,9-,18?/m1/s1. The molecule has 0 aromatic carbocycles. The van der Waals surface area contributed by atoms with E-state index in [2.05, 4.69) is 0 Å². The van der Waals surface area contributed by atoms with Gasteiger partial charge in [0.25, 0.3) is 0 Å². The Balaban J connectivity index is 2.64. The number of hydrogen-bond acceptors (Lipinski definition) is 4. The molecule has 6 nitrogen and oxygen atoms in total. The van der Waals surface area contributed by atoms with Crippen molar-refractivity contribution in [2.24, 2.45) is 0 Å². The predicted molar refractivity (Wildman–Crippen MR) is 79.5 cm³/mol. The minimum Gasteiger partial charge on any atom is -0.377 e. The van der Waals surface area contributed by atoms with Crippen molar-refractivity contribution >= 4 is 33.7 Å². The van der Waals surface area contributed by atoms with Crippen molar-refractivity contribution in [2.75, 3.05) is 0 Å². The molecule has 0 amide bonds. The third-order valence-corrected chi connectivity index (χ3v) is 6.77. The van der Waals surface area contributed by atoms with Gasteiger partial charge in [-0.3, -0.25) is 4.57 Å². The molecule has 1 rings (SSSR count). The normalized spacial score (nSPS) is 32.0. The highest BCUT2D eigenvalue weighted by atomic mass is 32.5. The molecular weight excluding hydrogens is 309 g/mol. The Hall–Kier alpha value is 0.485. The van der Waals surface area contributed by atoms with Crippen molar-refractivity contribution in [2.45, 2.75) is 44.1 Å². The van der Waals surface area contributed by atoms with Gasteiger partial charge < -0.3 is 23.9 Å². The van der Waals surface area contributed by atoms with E-state index in [9.17, 15) is 9.46 Å². The van der Waals surface area contributed by atoms with Crippen LogP contribution in [0, 0.1) is 0 Å². The van der Waals surface area contributed by atoms with E-state index in [4.69, 9.17) is 30.9 Å². The van der Waals surface area contributed by atoms with E-state index in [0.717, 1.165) is 5.82 Å². The van der Waals surface area contributed by atoms with Crippen molar-refractivity contribution in [1.29, 1.82) is 0 Å². The Morgan fingerprint density at radius 1 is 1.47 bits per heavy atom. The fourth-order valence-corrected chi connectivity index (χ4v) is 3.25. The number of ether oxygens (including phenoxy) is 1. The molecule has 1 saturated heterocycles. The van der Waals surface area contributed by atoms with Gasteiger partial charge in [-0.25, -0.2) is 0 Å². The van der Waals surface area contributed by atoms with Crippen molar-refractivity contribution in [3.63, 3.8) is 0 Å². The van der Waals surface area contributed by atoms with Crippen LogP contribution in [0.25, 0.3) is 0 Å². The van der Waals surface area contributed by atoms with Gasteiger partial charge in [0.05, 0.1) is 18.2 Å². The summed E-state index contributed by atoms with van der Waals surface area (Å²) >= 11 is 5.07. The molecule has 0 aromatic heterocycles. The van der Waals surface area contributed by atoms with Crippen LogP contribution in [0.3, 0.4) is 0 Å². The van der Waals surface area contributed by atoms with Crippen LogP contribution in [-0.4, -0.2) is 46.4 Å². The Kier molecular flexibility index (Phi) is 6.00. The van der Waals surface area contributed by atoms with Crippen LogP contribution in [0.1, 0.15) is 20.3 Å². The topological polar surface area (TPSA) is 96.2 Å². The quantitative estimate of drug-likeness (QED) is 0.500. The Labute approximate surface area is 118 Å². The molecule has 0 aromatic rings. The second-order valence-corrected chi connectivity index (χ2v) is 10.3. The lowest BCUT2D eigenvalue weighted by atomic mass is 9.94. The van der Waals surface area contributed by atoms with Gasteiger partial charge in [0, 0.05) is 17.9 Å². The molecule has 0 saturated carbocycles. The van der Waals surface area contributed by atoms with E-state index < -0.39 is 20.2 Å². The first-order valence-corrected chi connectivity index (χ1v) is 10.3. The monoisotopic (exact) mass is 328 g/mol. The van der Waals surface area contributed by atoms with Crippen molar-refractivity contribution in [1.82, 2.24) is 0 Å². The summed E-state index contributed by atoms with van der Waals surface area (Å²) in [6.07, 6.45) is 0.958. The molecule has 0 aliphatic carbocycles. The molecule has 1 unspecified atom stereocenters. The van der Waals surface area contributed by atoms with Gasteiger partial charge in [-0.2, -0.15) is 0 Å². The smallest absolute Gasteiger partial charge is 0.348 e. The molecule has 1 aliphatic rings. The summed E-state index contributed by atoms with van der Waals surface area (Å²) in [5, 5.41) is 0. The maximum absolute atomic E-state index is 10.7. The average molecular weight is 328 g/mol. The van der Waals surface area contributed by atoms with Gasteiger partial charge in [0.15, 0.2) is 6.49 Å². The largest absolute Gasteiger partial charge is 0.377 e. The van der Waals surface area contributed by atoms with Crippen LogP contribution in [0.4, 0.5) is 0 Å². The van der Waals surface area contributed by atoms with E-state index in [-0.39, 0.29) is 17.8 Å². The molecule has 1 heterocycles. The fourth-order valence-electron chi connectivity index (χ4n) is 1.62. The number of rotatable bonds is 5. The molecule has 0 spiro atoms.